The third-order valence-corrected chi connectivity index (χ3v) is 11.2. The molecular formula is C30H42O5. The second-order valence-corrected chi connectivity index (χ2v) is 13.4. The zero-order chi connectivity index (χ0) is 24.5. The minimum absolute atomic E-state index is 0.0413. The van der Waals surface area contributed by atoms with Crippen LogP contribution in [0.5, 0.6) is 0 Å². The van der Waals surface area contributed by atoms with Gasteiger partial charge in [0, 0.05) is 0 Å². The van der Waals surface area contributed by atoms with Crippen molar-refractivity contribution in [1.29, 1.82) is 0 Å². The van der Waals surface area contributed by atoms with Gasteiger partial charge in [-0.15, -0.1) is 0 Å². The maximum Gasteiger partial charge on any atom is 0.336 e. The highest BCUT2D eigenvalue weighted by Crippen LogP contribution is 2.61. The van der Waals surface area contributed by atoms with Gasteiger partial charge in [-0.25, -0.2) is 9.59 Å². The van der Waals surface area contributed by atoms with Crippen LogP contribution in [0, 0.1) is 47.3 Å². The lowest BCUT2D eigenvalue weighted by Crippen LogP contribution is -2.58. The van der Waals surface area contributed by atoms with Crippen molar-refractivity contribution in [2.24, 2.45) is 47.3 Å². The summed E-state index contributed by atoms with van der Waals surface area (Å²) in [6.45, 7) is 12.5. The van der Waals surface area contributed by atoms with Crippen LogP contribution in [0.1, 0.15) is 78.1 Å². The molecule has 8 saturated carbocycles. The lowest BCUT2D eigenvalue weighted by atomic mass is 9.50. The Hall–Kier alpha value is -1.62. The van der Waals surface area contributed by atoms with Gasteiger partial charge in [0.25, 0.3) is 0 Å². The molecule has 8 aliphatic carbocycles. The summed E-state index contributed by atoms with van der Waals surface area (Å²) in [6, 6.07) is 0. The summed E-state index contributed by atoms with van der Waals surface area (Å²) in [7, 11) is 0. The molecule has 0 aromatic carbocycles. The van der Waals surface area contributed by atoms with Gasteiger partial charge >= 0.3 is 11.9 Å². The highest BCUT2D eigenvalue weighted by molar-refractivity contribution is 5.89. The predicted octanol–water partition coefficient (Wildman–Crippen LogP) is 5.63. The zero-order valence-corrected chi connectivity index (χ0v) is 21.6. The molecule has 5 heteroatoms. The topological polar surface area (TPSA) is 61.8 Å². The first-order valence-corrected chi connectivity index (χ1v) is 14.1. The second-order valence-electron chi connectivity index (χ2n) is 13.4. The van der Waals surface area contributed by atoms with E-state index in [0.29, 0.717) is 58.5 Å². The fraction of sp³-hybridized carbons (Fsp3) is 0.800. The number of esters is 2. The molecule has 35 heavy (non-hydrogen) atoms. The number of ether oxygens (including phenoxy) is 3. The molecule has 0 aromatic rings. The molecule has 0 saturated heterocycles. The molecule has 5 nitrogen and oxygen atoms in total. The quantitative estimate of drug-likeness (QED) is 0.331. The number of hydrogen-bond donors (Lipinski definition) is 0. The van der Waals surface area contributed by atoms with E-state index in [2.05, 4.69) is 27.0 Å². The van der Waals surface area contributed by atoms with Crippen molar-refractivity contribution in [2.45, 2.75) is 89.3 Å². The molecule has 0 aliphatic heterocycles. The highest BCUT2D eigenvalue weighted by atomic mass is 16.6. The molecule has 0 radical (unpaired) electrons. The monoisotopic (exact) mass is 482 g/mol. The largest absolute Gasteiger partial charge is 0.455 e. The minimum atomic E-state index is -0.352. The van der Waals surface area contributed by atoms with Crippen LogP contribution in [-0.4, -0.2) is 36.4 Å². The van der Waals surface area contributed by atoms with Gasteiger partial charge in [-0.1, -0.05) is 27.0 Å². The smallest absolute Gasteiger partial charge is 0.336 e. The van der Waals surface area contributed by atoms with E-state index in [4.69, 9.17) is 14.2 Å². The van der Waals surface area contributed by atoms with Crippen LogP contribution < -0.4 is 0 Å². The van der Waals surface area contributed by atoms with Crippen molar-refractivity contribution in [1.82, 2.24) is 0 Å². The van der Waals surface area contributed by atoms with Gasteiger partial charge in [0.15, 0.2) is 0 Å². The maximum atomic E-state index is 12.9. The number of rotatable bonds is 8. The van der Waals surface area contributed by atoms with Crippen LogP contribution in [-0.2, 0) is 23.8 Å². The van der Waals surface area contributed by atoms with Crippen molar-refractivity contribution < 1.29 is 23.8 Å². The van der Waals surface area contributed by atoms with Gasteiger partial charge in [0.1, 0.15) is 11.2 Å². The molecule has 8 rings (SSSR count). The third kappa shape index (κ3) is 4.01. The normalized spacial score (nSPS) is 46.5. The first-order chi connectivity index (χ1) is 16.7. The average molecular weight is 483 g/mol. The van der Waals surface area contributed by atoms with Gasteiger partial charge in [0.05, 0.1) is 24.4 Å². The van der Waals surface area contributed by atoms with E-state index >= 15 is 0 Å². The predicted molar refractivity (Wildman–Crippen MR) is 132 cm³/mol. The summed E-state index contributed by atoms with van der Waals surface area (Å²) in [5.74, 6) is 4.29. The fourth-order valence-corrected chi connectivity index (χ4v) is 9.72. The molecule has 0 spiro atoms. The van der Waals surface area contributed by atoms with Crippen molar-refractivity contribution in [3.8, 4) is 0 Å². The summed E-state index contributed by atoms with van der Waals surface area (Å²) >= 11 is 0. The first kappa shape index (κ1) is 23.8. The van der Waals surface area contributed by atoms with Crippen molar-refractivity contribution in [2.75, 3.05) is 13.2 Å². The fourth-order valence-electron chi connectivity index (χ4n) is 9.72. The van der Waals surface area contributed by atoms with Crippen LogP contribution in [0.2, 0.25) is 0 Å². The van der Waals surface area contributed by atoms with Crippen LogP contribution in [0.4, 0.5) is 0 Å². The molecule has 0 heterocycles. The SMILES string of the molecule is C=C(COCC(=C)C(=O)OC12CC3CC(CC(C3)C1C)C2)C(=O)OC12CC3CC(CC(C3)C1C)C2. The van der Waals surface area contributed by atoms with Crippen LogP contribution in [0.15, 0.2) is 24.3 Å². The summed E-state index contributed by atoms with van der Waals surface area (Å²) in [4.78, 5) is 25.8. The van der Waals surface area contributed by atoms with E-state index in [1.165, 1.54) is 38.5 Å². The Morgan fingerprint density at radius 1 is 0.657 bits per heavy atom. The summed E-state index contributed by atoms with van der Waals surface area (Å²) < 4.78 is 18.0. The zero-order valence-electron chi connectivity index (χ0n) is 21.6. The Labute approximate surface area is 210 Å². The summed E-state index contributed by atoms with van der Waals surface area (Å²) in [5.41, 5.74) is -0.0272. The van der Waals surface area contributed by atoms with Gasteiger partial charge in [-0.05, 0) is 112 Å². The standard InChI is InChI=1S/C30H42O5/c1-17(27(31)34-29-11-21-5-22(12-29)8-25(7-21)19(29)3)15-33-16-18(2)28(32)35-30-13-23-6-24(14-30)10-26(9-23)20(30)4/h19-26H,1-2,5-16H2,3-4H3. The number of carbonyl (C=O) groups excluding carboxylic acids is 2. The Kier molecular flexibility index (Phi) is 5.75. The highest BCUT2D eigenvalue weighted by Gasteiger charge is 2.58. The van der Waals surface area contributed by atoms with Crippen LogP contribution >= 0.6 is 0 Å². The van der Waals surface area contributed by atoms with Gasteiger partial charge < -0.3 is 14.2 Å². The lowest BCUT2D eigenvalue weighted by molar-refractivity contribution is -0.202. The van der Waals surface area contributed by atoms with Crippen molar-refractivity contribution >= 4 is 11.9 Å². The van der Waals surface area contributed by atoms with E-state index < -0.39 is 0 Å². The van der Waals surface area contributed by atoms with Crippen LogP contribution in [0.25, 0.3) is 0 Å². The lowest BCUT2D eigenvalue weighted by Gasteiger charge is -2.59. The molecule has 8 fully saturated rings. The van der Waals surface area contributed by atoms with E-state index in [0.717, 1.165) is 25.7 Å². The molecule has 8 aliphatic rings. The number of carbonyl (C=O) groups is 2. The van der Waals surface area contributed by atoms with E-state index in [-0.39, 0.29) is 36.4 Å². The summed E-state index contributed by atoms with van der Waals surface area (Å²) in [6.07, 6.45) is 11.7. The van der Waals surface area contributed by atoms with E-state index in [1.807, 2.05) is 0 Å². The van der Waals surface area contributed by atoms with Crippen LogP contribution in [0.3, 0.4) is 0 Å². The molecule has 0 N–H and O–H groups in total. The second kappa shape index (κ2) is 8.46. The molecule has 192 valence electrons. The molecule has 8 bridgehead atoms. The molecule has 6 unspecified atom stereocenters. The Morgan fingerprint density at radius 2 is 1.00 bits per heavy atom. The van der Waals surface area contributed by atoms with E-state index in [9.17, 15) is 9.59 Å². The minimum Gasteiger partial charge on any atom is -0.455 e. The Bertz CT molecular complexity index is 833. The number of hydrogen-bond acceptors (Lipinski definition) is 5. The van der Waals surface area contributed by atoms with Gasteiger partial charge in [-0.2, -0.15) is 0 Å². The molecule has 6 atom stereocenters. The Balaban J connectivity index is 0.986. The first-order valence-electron chi connectivity index (χ1n) is 14.1. The average Bonchev–Trinajstić information content (AvgIpc) is 2.79. The molecule has 0 amide bonds. The molecule has 0 aromatic heterocycles. The summed E-state index contributed by atoms with van der Waals surface area (Å²) in [5, 5.41) is 0. The maximum absolute atomic E-state index is 12.9. The molecular weight excluding hydrogens is 440 g/mol. The van der Waals surface area contributed by atoms with Gasteiger partial charge in [-0.3, -0.25) is 0 Å². The van der Waals surface area contributed by atoms with E-state index in [1.54, 1.807) is 0 Å². The third-order valence-electron chi connectivity index (χ3n) is 11.2. The van der Waals surface area contributed by atoms with Crippen molar-refractivity contribution in [3.63, 3.8) is 0 Å². The van der Waals surface area contributed by atoms with Crippen molar-refractivity contribution in [3.05, 3.63) is 24.3 Å². The Morgan fingerprint density at radius 3 is 1.34 bits per heavy atom. The van der Waals surface area contributed by atoms with Gasteiger partial charge in [0.2, 0.25) is 0 Å².